The van der Waals surface area contributed by atoms with E-state index in [2.05, 4.69) is 5.32 Å². The molecular formula is C19H20FNO3. The van der Waals surface area contributed by atoms with Gasteiger partial charge in [0, 0.05) is 0 Å². The second-order valence-electron chi connectivity index (χ2n) is 5.38. The van der Waals surface area contributed by atoms with Crippen LogP contribution in [0.15, 0.2) is 54.6 Å². The molecule has 5 heteroatoms. The van der Waals surface area contributed by atoms with E-state index in [0.717, 1.165) is 18.4 Å². The van der Waals surface area contributed by atoms with Crippen LogP contribution >= 0.6 is 0 Å². The monoisotopic (exact) mass is 329 g/mol. The summed E-state index contributed by atoms with van der Waals surface area (Å²) < 4.78 is 18.4. The van der Waals surface area contributed by atoms with Crippen molar-refractivity contribution < 1.29 is 18.7 Å². The number of amides is 1. The first kappa shape index (κ1) is 17.7. The minimum absolute atomic E-state index is 0.143. The third-order valence-electron chi connectivity index (χ3n) is 3.54. The summed E-state index contributed by atoms with van der Waals surface area (Å²) in [6.07, 6.45) is 1.67. The largest absolute Gasteiger partial charge is 0.452 e. The second kappa shape index (κ2) is 8.82. The molecule has 0 fully saturated rings. The van der Waals surface area contributed by atoms with Crippen LogP contribution in [-0.2, 0) is 9.53 Å². The third-order valence-corrected chi connectivity index (χ3v) is 3.54. The minimum atomic E-state index is -0.852. The van der Waals surface area contributed by atoms with Crippen LogP contribution in [0.5, 0.6) is 0 Å². The normalized spacial score (nSPS) is 11.6. The highest BCUT2D eigenvalue weighted by Crippen LogP contribution is 2.18. The van der Waals surface area contributed by atoms with Crippen molar-refractivity contribution >= 4 is 11.9 Å². The molecule has 2 rings (SSSR count). The van der Waals surface area contributed by atoms with E-state index in [4.69, 9.17) is 4.74 Å². The quantitative estimate of drug-likeness (QED) is 0.789. The molecule has 1 amide bonds. The lowest BCUT2D eigenvalue weighted by Gasteiger charge is -2.18. The topological polar surface area (TPSA) is 55.4 Å². The summed E-state index contributed by atoms with van der Waals surface area (Å²) >= 11 is 0. The Balaban J connectivity index is 1.92. The van der Waals surface area contributed by atoms with Crippen molar-refractivity contribution in [3.8, 4) is 0 Å². The average molecular weight is 329 g/mol. The Morgan fingerprint density at radius 1 is 1.08 bits per heavy atom. The molecule has 4 nitrogen and oxygen atoms in total. The van der Waals surface area contributed by atoms with Crippen molar-refractivity contribution in [1.29, 1.82) is 0 Å². The number of carbonyl (C=O) groups excluding carboxylic acids is 2. The molecule has 0 aliphatic heterocycles. The molecule has 0 aliphatic rings. The number of hydrogen-bond acceptors (Lipinski definition) is 3. The van der Waals surface area contributed by atoms with E-state index >= 15 is 0 Å². The SMILES string of the molecule is CCC[C@H](NC(=O)COC(=O)c1ccccc1F)c1ccccc1. The van der Waals surface area contributed by atoms with Gasteiger partial charge in [-0.1, -0.05) is 55.8 Å². The fourth-order valence-corrected chi connectivity index (χ4v) is 2.37. The Bertz CT molecular complexity index is 688. The van der Waals surface area contributed by atoms with Crippen LogP contribution in [-0.4, -0.2) is 18.5 Å². The van der Waals surface area contributed by atoms with Gasteiger partial charge in [0.05, 0.1) is 11.6 Å². The summed E-state index contributed by atoms with van der Waals surface area (Å²) in [6, 6.07) is 15.0. The predicted molar refractivity (Wildman–Crippen MR) is 88.9 cm³/mol. The van der Waals surface area contributed by atoms with Gasteiger partial charge in [0.25, 0.3) is 5.91 Å². The van der Waals surface area contributed by atoms with Crippen molar-refractivity contribution in [2.75, 3.05) is 6.61 Å². The van der Waals surface area contributed by atoms with E-state index in [1.165, 1.54) is 24.3 Å². The summed E-state index contributed by atoms with van der Waals surface area (Å²) in [4.78, 5) is 23.8. The Kier molecular flexibility index (Phi) is 6.49. The van der Waals surface area contributed by atoms with Crippen molar-refractivity contribution in [3.05, 3.63) is 71.5 Å². The van der Waals surface area contributed by atoms with Gasteiger partial charge in [-0.3, -0.25) is 4.79 Å². The van der Waals surface area contributed by atoms with E-state index < -0.39 is 24.3 Å². The van der Waals surface area contributed by atoms with E-state index in [1.807, 2.05) is 37.3 Å². The van der Waals surface area contributed by atoms with Crippen LogP contribution in [0.2, 0.25) is 0 Å². The highest BCUT2D eigenvalue weighted by atomic mass is 19.1. The Hall–Kier alpha value is -2.69. The molecule has 0 aliphatic carbocycles. The number of carbonyl (C=O) groups is 2. The molecule has 0 saturated carbocycles. The highest BCUT2D eigenvalue weighted by Gasteiger charge is 2.17. The smallest absolute Gasteiger partial charge is 0.341 e. The van der Waals surface area contributed by atoms with E-state index in [9.17, 15) is 14.0 Å². The van der Waals surface area contributed by atoms with Crippen LogP contribution in [0.1, 0.15) is 41.7 Å². The summed E-state index contributed by atoms with van der Waals surface area (Å²) in [5, 5.41) is 2.85. The van der Waals surface area contributed by atoms with Gasteiger partial charge in [-0.15, -0.1) is 0 Å². The van der Waals surface area contributed by atoms with E-state index in [-0.39, 0.29) is 11.6 Å². The number of nitrogens with one attached hydrogen (secondary N) is 1. The van der Waals surface area contributed by atoms with Crippen molar-refractivity contribution in [1.82, 2.24) is 5.32 Å². The Labute approximate surface area is 140 Å². The summed E-state index contributed by atoms with van der Waals surface area (Å²) in [6.45, 7) is 1.58. The standard InChI is InChI=1S/C19H20FNO3/c1-2-8-17(14-9-4-3-5-10-14)21-18(22)13-24-19(23)15-11-6-7-12-16(15)20/h3-7,9-12,17H,2,8,13H2,1H3,(H,21,22)/t17-/m0/s1. The van der Waals surface area contributed by atoms with Crippen LogP contribution in [0.4, 0.5) is 4.39 Å². The fraction of sp³-hybridized carbons (Fsp3) is 0.263. The lowest BCUT2D eigenvalue weighted by Crippen LogP contribution is -2.32. The van der Waals surface area contributed by atoms with Gasteiger partial charge in [-0.05, 0) is 24.1 Å². The number of ether oxygens (including phenoxy) is 1. The van der Waals surface area contributed by atoms with Gasteiger partial charge in [-0.25, -0.2) is 9.18 Å². The molecule has 0 aromatic heterocycles. The zero-order chi connectivity index (χ0) is 17.4. The molecule has 0 heterocycles. The predicted octanol–water partition coefficient (Wildman–Crippen LogP) is 3.64. The fourth-order valence-electron chi connectivity index (χ4n) is 2.37. The number of halogens is 1. The Morgan fingerprint density at radius 3 is 2.42 bits per heavy atom. The van der Waals surface area contributed by atoms with Crippen LogP contribution in [0.25, 0.3) is 0 Å². The Morgan fingerprint density at radius 2 is 1.75 bits per heavy atom. The number of benzene rings is 2. The molecule has 0 saturated heterocycles. The summed E-state index contributed by atoms with van der Waals surface area (Å²) in [5.74, 6) is -1.94. The molecule has 24 heavy (non-hydrogen) atoms. The molecule has 1 atom stereocenters. The number of hydrogen-bond donors (Lipinski definition) is 1. The highest BCUT2D eigenvalue weighted by molar-refractivity contribution is 5.91. The maximum Gasteiger partial charge on any atom is 0.341 e. The van der Waals surface area contributed by atoms with E-state index in [0.29, 0.717) is 0 Å². The molecular weight excluding hydrogens is 309 g/mol. The summed E-state index contributed by atoms with van der Waals surface area (Å²) in [5.41, 5.74) is 0.812. The van der Waals surface area contributed by atoms with Gasteiger partial charge in [0.1, 0.15) is 5.82 Å². The number of rotatable bonds is 7. The third kappa shape index (κ3) is 4.91. The lowest BCUT2D eigenvalue weighted by atomic mass is 10.0. The first-order chi connectivity index (χ1) is 11.6. The lowest BCUT2D eigenvalue weighted by molar-refractivity contribution is -0.125. The zero-order valence-electron chi connectivity index (χ0n) is 13.5. The van der Waals surface area contributed by atoms with Crippen LogP contribution < -0.4 is 5.32 Å². The van der Waals surface area contributed by atoms with Crippen molar-refractivity contribution in [2.45, 2.75) is 25.8 Å². The first-order valence-electron chi connectivity index (χ1n) is 7.87. The van der Waals surface area contributed by atoms with Crippen molar-refractivity contribution in [3.63, 3.8) is 0 Å². The number of esters is 1. The van der Waals surface area contributed by atoms with E-state index in [1.54, 1.807) is 0 Å². The van der Waals surface area contributed by atoms with Gasteiger partial charge in [0.2, 0.25) is 0 Å². The van der Waals surface area contributed by atoms with Gasteiger partial charge in [-0.2, -0.15) is 0 Å². The summed E-state index contributed by atoms with van der Waals surface area (Å²) in [7, 11) is 0. The molecule has 126 valence electrons. The molecule has 2 aromatic rings. The molecule has 2 aromatic carbocycles. The van der Waals surface area contributed by atoms with Crippen LogP contribution in [0, 0.1) is 5.82 Å². The molecule has 0 radical (unpaired) electrons. The maximum atomic E-state index is 13.5. The first-order valence-corrected chi connectivity index (χ1v) is 7.87. The van der Waals surface area contributed by atoms with Gasteiger partial charge in [0.15, 0.2) is 6.61 Å². The molecule has 0 spiro atoms. The molecule has 0 unspecified atom stereocenters. The van der Waals surface area contributed by atoms with Crippen LogP contribution in [0.3, 0.4) is 0 Å². The van der Waals surface area contributed by atoms with Gasteiger partial charge >= 0.3 is 5.97 Å². The van der Waals surface area contributed by atoms with Gasteiger partial charge < -0.3 is 10.1 Å². The minimum Gasteiger partial charge on any atom is -0.452 e. The average Bonchev–Trinajstić information content (AvgIpc) is 2.60. The second-order valence-corrected chi connectivity index (χ2v) is 5.38. The maximum absolute atomic E-state index is 13.5. The van der Waals surface area contributed by atoms with Crippen molar-refractivity contribution in [2.24, 2.45) is 0 Å². The zero-order valence-corrected chi connectivity index (χ0v) is 13.5. The molecule has 0 bridgehead atoms. The molecule has 1 N–H and O–H groups in total.